The van der Waals surface area contributed by atoms with Crippen LogP contribution in [0, 0.1) is 6.92 Å². The van der Waals surface area contributed by atoms with E-state index < -0.39 is 30.3 Å². The van der Waals surface area contributed by atoms with Crippen molar-refractivity contribution in [2.24, 2.45) is 0 Å². The monoisotopic (exact) mass is 383 g/mol. The highest BCUT2D eigenvalue weighted by molar-refractivity contribution is 5.81. The molecule has 0 amide bonds. The number of aliphatic hydroxyl groups is 1. The van der Waals surface area contributed by atoms with Crippen LogP contribution in [0.4, 0.5) is 5.82 Å². The van der Waals surface area contributed by atoms with Crippen molar-refractivity contribution in [3.8, 4) is 0 Å². The third kappa shape index (κ3) is 2.44. The smallest absolute Gasteiger partial charge is 0.185 e. The molecule has 9 heteroatoms. The SMILES string of the molecule is Cc1ccc(C2O[C@@H]3[C@@H](CO)OC(n4cnc5c(N)ncnc54)C3(C)O2)cc1. The number of ether oxygens (including phenoxy) is 3. The molecule has 1 aromatic carbocycles. The summed E-state index contributed by atoms with van der Waals surface area (Å²) in [5.41, 5.74) is 8.16. The minimum Gasteiger partial charge on any atom is -0.394 e. The molecule has 0 spiro atoms. The molecule has 0 radical (unpaired) electrons. The van der Waals surface area contributed by atoms with Gasteiger partial charge in [0.1, 0.15) is 29.7 Å². The van der Waals surface area contributed by atoms with Crippen LogP contribution in [0.25, 0.3) is 11.2 Å². The Bertz CT molecular complexity index is 1020. The summed E-state index contributed by atoms with van der Waals surface area (Å²) in [6.07, 6.45) is 0.850. The molecule has 0 bridgehead atoms. The van der Waals surface area contributed by atoms with E-state index in [1.807, 2.05) is 38.1 Å². The van der Waals surface area contributed by atoms with Gasteiger partial charge < -0.3 is 25.1 Å². The maximum atomic E-state index is 9.86. The Balaban J connectivity index is 1.54. The van der Waals surface area contributed by atoms with Crippen molar-refractivity contribution in [1.82, 2.24) is 19.5 Å². The van der Waals surface area contributed by atoms with Crippen molar-refractivity contribution in [3.63, 3.8) is 0 Å². The predicted octanol–water partition coefficient (Wildman–Crippen LogP) is 1.48. The van der Waals surface area contributed by atoms with Gasteiger partial charge in [-0.15, -0.1) is 0 Å². The number of hydrogen-bond acceptors (Lipinski definition) is 8. The lowest BCUT2D eigenvalue weighted by Crippen LogP contribution is -2.41. The fraction of sp³-hybridized carbons (Fsp3) is 0.421. The van der Waals surface area contributed by atoms with E-state index in [4.69, 9.17) is 19.9 Å². The van der Waals surface area contributed by atoms with Crippen molar-refractivity contribution >= 4 is 17.0 Å². The lowest BCUT2D eigenvalue weighted by Gasteiger charge is -2.28. The van der Waals surface area contributed by atoms with E-state index in [2.05, 4.69) is 15.0 Å². The number of hydrogen-bond donors (Lipinski definition) is 2. The van der Waals surface area contributed by atoms with Crippen LogP contribution in [-0.4, -0.2) is 49.0 Å². The fourth-order valence-corrected chi connectivity index (χ4v) is 4.01. The van der Waals surface area contributed by atoms with Gasteiger partial charge >= 0.3 is 0 Å². The van der Waals surface area contributed by atoms with Crippen molar-refractivity contribution in [3.05, 3.63) is 48.0 Å². The number of imidazole rings is 1. The van der Waals surface area contributed by atoms with Gasteiger partial charge in [-0.2, -0.15) is 0 Å². The Morgan fingerprint density at radius 1 is 1.18 bits per heavy atom. The number of fused-ring (bicyclic) bond motifs is 2. The molecule has 2 aliphatic heterocycles. The molecule has 4 heterocycles. The zero-order chi connectivity index (χ0) is 19.5. The fourth-order valence-electron chi connectivity index (χ4n) is 4.01. The summed E-state index contributed by atoms with van der Waals surface area (Å²) in [5, 5.41) is 9.86. The van der Waals surface area contributed by atoms with Gasteiger partial charge in [-0.25, -0.2) is 15.0 Å². The Kier molecular flexibility index (Phi) is 3.88. The van der Waals surface area contributed by atoms with Gasteiger partial charge in [0.05, 0.1) is 12.9 Å². The molecule has 0 saturated carbocycles. The van der Waals surface area contributed by atoms with E-state index in [9.17, 15) is 5.11 Å². The first-order valence-corrected chi connectivity index (χ1v) is 9.10. The van der Waals surface area contributed by atoms with Crippen LogP contribution < -0.4 is 5.73 Å². The average molecular weight is 383 g/mol. The van der Waals surface area contributed by atoms with Gasteiger partial charge in [0, 0.05) is 5.56 Å². The molecule has 0 aliphatic carbocycles. The highest BCUT2D eigenvalue weighted by Crippen LogP contribution is 2.52. The second-order valence-electron chi connectivity index (χ2n) is 7.39. The summed E-state index contributed by atoms with van der Waals surface area (Å²) < 4.78 is 20.4. The number of aryl methyl sites for hydroxylation is 1. The van der Waals surface area contributed by atoms with Gasteiger partial charge in [0.15, 0.2) is 24.0 Å². The largest absolute Gasteiger partial charge is 0.394 e. The van der Waals surface area contributed by atoms with E-state index in [1.165, 1.54) is 6.33 Å². The summed E-state index contributed by atoms with van der Waals surface area (Å²) in [6.45, 7) is 3.76. The normalized spacial score (nSPS) is 32.1. The zero-order valence-electron chi connectivity index (χ0n) is 15.5. The minimum atomic E-state index is -0.851. The van der Waals surface area contributed by atoms with Crippen LogP contribution in [0.3, 0.4) is 0 Å². The molecule has 2 saturated heterocycles. The lowest BCUT2D eigenvalue weighted by atomic mass is 9.96. The second kappa shape index (κ2) is 6.21. The zero-order valence-corrected chi connectivity index (χ0v) is 15.5. The molecule has 28 heavy (non-hydrogen) atoms. The summed E-state index contributed by atoms with van der Waals surface area (Å²) in [6, 6.07) is 7.99. The Morgan fingerprint density at radius 2 is 1.96 bits per heavy atom. The van der Waals surface area contributed by atoms with Gasteiger partial charge in [-0.1, -0.05) is 29.8 Å². The summed E-state index contributed by atoms with van der Waals surface area (Å²) in [4.78, 5) is 12.6. The molecule has 3 N–H and O–H groups in total. The van der Waals surface area contributed by atoms with E-state index in [-0.39, 0.29) is 6.61 Å². The number of nitrogen functional groups attached to an aromatic ring is 1. The van der Waals surface area contributed by atoms with Crippen molar-refractivity contribution in [1.29, 1.82) is 0 Å². The van der Waals surface area contributed by atoms with Crippen molar-refractivity contribution < 1.29 is 19.3 Å². The van der Waals surface area contributed by atoms with Gasteiger partial charge in [0.25, 0.3) is 0 Å². The van der Waals surface area contributed by atoms with E-state index in [1.54, 1.807) is 10.9 Å². The molecule has 3 aromatic rings. The van der Waals surface area contributed by atoms with Crippen LogP contribution in [0.5, 0.6) is 0 Å². The third-order valence-corrected chi connectivity index (χ3v) is 5.50. The highest BCUT2D eigenvalue weighted by atomic mass is 16.8. The van der Waals surface area contributed by atoms with Crippen molar-refractivity contribution in [2.45, 2.75) is 44.2 Å². The molecule has 5 atom stereocenters. The first-order valence-electron chi connectivity index (χ1n) is 9.10. The van der Waals surface area contributed by atoms with Crippen LogP contribution in [-0.2, 0) is 14.2 Å². The number of nitrogens with zero attached hydrogens (tertiary/aromatic N) is 4. The van der Waals surface area contributed by atoms with E-state index >= 15 is 0 Å². The minimum absolute atomic E-state index is 0.190. The number of nitrogens with two attached hydrogens (primary N) is 1. The highest BCUT2D eigenvalue weighted by Gasteiger charge is 2.62. The number of anilines is 1. The molecule has 2 aliphatic rings. The molecule has 146 valence electrons. The number of aliphatic hydroxyl groups excluding tert-OH is 1. The maximum absolute atomic E-state index is 9.86. The summed E-state index contributed by atoms with van der Waals surface area (Å²) in [7, 11) is 0. The maximum Gasteiger partial charge on any atom is 0.185 e. The average Bonchev–Trinajstić information content (AvgIpc) is 3.33. The van der Waals surface area contributed by atoms with Crippen LogP contribution >= 0.6 is 0 Å². The first-order chi connectivity index (χ1) is 13.5. The first kappa shape index (κ1) is 17.5. The molecular weight excluding hydrogens is 362 g/mol. The van der Waals surface area contributed by atoms with Gasteiger partial charge in [-0.3, -0.25) is 4.57 Å². The quantitative estimate of drug-likeness (QED) is 0.698. The summed E-state index contributed by atoms with van der Waals surface area (Å²) >= 11 is 0. The standard InChI is InChI=1S/C19H21N5O4/c1-10-3-5-11(6-4-10)17-27-14-12(7-25)26-18(19(14,2)28-17)24-9-23-13-15(20)21-8-22-16(13)24/h3-6,8-9,12,14,17-18,25H,7H2,1-2H3,(H2,20,21,22)/t12-,14-,17?,18?,19?/m1/s1. The third-order valence-electron chi connectivity index (χ3n) is 5.50. The number of rotatable bonds is 3. The molecule has 2 aromatic heterocycles. The Hall–Kier alpha value is -2.59. The van der Waals surface area contributed by atoms with Gasteiger partial charge in [-0.05, 0) is 13.8 Å². The van der Waals surface area contributed by atoms with Crippen LogP contribution in [0.1, 0.15) is 30.6 Å². The second-order valence-corrected chi connectivity index (χ2v) is 7.39. The van der Waals surface area contributed by atoms with E-state index in [0.717, 1.165) is 11.1 Å². The molecule has 5 rings (SSSR count). The molecular formula is C19H21N5O4. The van der Waals surface area contributed by atoms with Crippen LogP contribution in [0.2, 0.25) is 0 Å². The molecule has 9 nitrogen and oxygen atoms in total. The Morgan fingerprint density at radius 3 is 2.71 bits per heavy atom. The van der Waals surface area contributed by atoms with Crippen LogP contribution in [0.15, 0.2) is 36.9 Å². The molecule has 3 unspecified atom stereocenters. The lowest BCUT2D eigenvalue weighted by molar-refractivity contribution is -0.174. The van der Waals surface area contributed by atoms with E-state index in [0.29, 0.717) is 17.0 Å². The molecule has 2 fully saturated rings. The number of benzene rings is 1. The van der Waals surface area contributed by atoms with Crippen molar-refractivity contribution in [2.75, 3.05) is 12.3 Å². The Labute approximate surface area is 161 Å². The van der Waals surface area contributed by atoms with Gasteiger partial charge in [0.2, 0.25) is 0 Å². The topological polar surface area (TPSA) is 118 Å². The number of aromatic nitrogens is 4. The summed E-state index contributed by atoms with van der Waals surface area (Å²) in [5.74, 6) is 0.295. The predicted molar refractivity (Wildman–Crippen MR) is 99.0 cm³/mol.